The van der Waals surface area contributed by atoms with Crippen molar-refractivity contribution >= 4 is 5.84 Å². The van der Waals surface area contributed by atoms with Crippen molar-refractivity contribution in [1.82, 2.24) is 5.32 Å². The third-order valence-electron chi connectivity index (χ3n) is 6.92. The molecule has 1 aliphatic heterocycles. The highest BCUT2D eigenvalue weighted by molar-refractivity contribution is 5.83. The quantitative estimate of drug-likeness (QED) is 0.178. The summed E-state index contributed by atoms with van der Waals surface area (Å²) in [4.78, 5) is 4.41. The standard InChI is InChI=1S/C18H30.C14H28N2/c1-2-3-4-5-6-7-8-9-10-12-15-18-16-13-11-14-17-18;1-2-3-4-5-6-7-8-9-10-11-14-15-12-13-16-14/h11,13-14,16-17H,2-10,12,15H2,1H3;2-13H2,1H3,(H,15,16). The summed E-state index contributed by atoms with van der Waals surface area (Å²) in [6, 6.07) is 10.9. The van der Waals surface area contributed by atoms with Crippen molar-refractivity contribution < 1.29 is 0 Å². The summed E-state index contributed by atoms with van der Waals surface area (Å²) in [6.07, 6.45) is 29.3. The minimum Gasteiger partial charge on any atom is -0.372 e. The first-order chi connectivity index (χ1) is 16.9. The molecule has 1 heterocycles. The lowest BCUT2D eigenvalue weighted by molar-refractivity contribution is 0.556. The predicted molar refractivity (Wildman–Crippen MR) is 154 cm³/mol. The van der Waals surface area contributed by atoms with Gasteiger partial charge in [-0.25, -0.2) is 0 Å². The van der Waals surface area contributed by atoms with Gasteiger partial charge in [-0.1, -0.05) is 153 Å². The molecule has 1 aromatic carbocycles. The number of unbranched alkanes of at least 4 members (excludes halogenated alkanes) is 17. The second-order valence-electron chi connectivity index (χ2n) is 10.3. The van der Waals surface area contributed by atoms with Gasteiger partial charge in [-0.2, -0.15) is 0 Å². The van der Waals surface area contributed by atoms with Gasteiger partial charge in [-0.3, -0.25) is 4.99 Å². The number of aliphatic imine (C=N–C) groups is 1. The molecule has 0 bridgehead atoms. The first-order valence-electron chi connectivity index (χ1n) is 15.2. The van der Waals surface area contributed by atoms with Gasteiger partial charge in [0, 0.05) is 13.0 Å². The molecule has 0 radical (unpaired) electrons. The Morgan fingerprint density at radius 3 is 1.44 bits per heavy atom. The Hall–Kier alpha value is -1.31. The molecule has 0 fully saturated rings. The summed E-state index contributed by atoms with van der Waals surface area (Å²) in [6.45, 7) is 6.62. The number of amidine groups is 1. The highest BCUT2D eigenvalue weighted by Crippen LogP contribution is 2.13. The molecule has 1 aliphatic rings. The molecule has 0 aliphatic carbocycles. The molecule has 0 amide bonds. The van der Waals surface area contributed by atoms with Crippen molar-refractivity contribution in [3.05, 3.63) is 35.9 Å². The maximum absolute atomic E-state index is 4.41. The Balaban J connectivity index is 0.000000342. The van der Waals surface area contributed by atoms with Crippen LogP contribution in [0.1, 0.15) is 148 Å². The van der Waals surface area contributed by atoms with Crippen LogP contribution in [-0.2, 0) is 6.42 Å². The van der Waals surface area contributed by atoms with Crippen molar-refractivity contribution in [2.24, 2.45) is 4.99 Å². The van der Waals surface area contributed by atoms with Gasteiger partial charge in [0.15, 0.2) is 0 Å². The Morgan fingerprint density at radius 1 is 0.559 bits per heavy atom. The van der Waals surface area contributed by atoms with Gasteiger partial charge in [-0.05, 0) is 24.8 Å². The molecule has 0 aromatic heterocycles. The number of hydrogen-bond donors (Lipinski definition) is 1. The summed E-state index contributed by atoms with van der Waals surface area (Å²) in [5, 5.41) is 3.33. The fourth-order valence-corrected chi connectivity index (χ4v) is 4.68. The van der Waals surface area contributed by atoms with Crippen LogP contribution >= 0.6 is 0 Å². The van der Waals surface area contributed by atoms with Crippen molar-refractivity contribution in [3.8, 4) is 0 Å². The molecular formula is C32H58N2. The van der Waals surface area contributed by atoms with Crippen LogP contribution in [0.3, 0.4) is 0 Å². The third-order valence-corrected chi connectivity index (χ3v) is 6.92. The van der Waals surface area contributed by atoms with E-state index in [0.29, 0.717) is 0 Å². The monoisotopic (exact) mass is 470 g/mol. The van der Waals surface area contributed by atoms with Crippen LogP contribution in [-0.4, -0.2) is 18.9 Å². The van der Waals surface area contributed by atoms with E-state index >= 15 is 0 Å². The number of nitrogens with zero attached hydrogens (tertiary/aromatic N) is 1. The van der Waals surface area contributed by atoms with Gasteiger partial charge in [0.2, 0.25) is 0 Å². The molecule has 196 valence electrons. The SMILES string of the molecule is CCCCCCCCCCCC1=NCCN1.CCCCCCCCCCCCc1ccccc1. The fourth-order valence-electron chi connectivity index (χ4n) is 4.68. The molecule has 0 unspecified atom stereocenters. The highest BCUT2D eigenvalue weighted by atomic mass is 15.1. The molecule has 1 N–H and O–H groups in total. The van der Waals surface area contributed by atoms with E-state index in [9.17, 15) is 0 Å². The number of hydrogen-bond acceptors (Lipinski definition) is 2. The lowest BCUT2D eigenvalue weighted by atomic mass is 10.0. The van der Waals surface area contributed by atoms with E-state index in [4.69, 9.17) is 0 Å². The molecule has 1 aromatic rings. The summed E-state index contributed by atoms with van der Waals surface area (Å²) < 4.78 is 0. The first kappa shape index (κ1) is 30.7. The van der Waals surface area contributed by atoms with Crippen LogP contribution < -0.4 is 5.32 Å². The Labute approximate surface area is 213 Å². The van der Waals surface area contributed by atoms with Crippen LogP contribution in [0.15, 0.2) is 35.3 Å². The second kappa shape index (κ2) is 24.8. The number of nitrogens with one attached hydrogen (secondary N) is 1. The molecule has 0 saturated heterocycles. The van der Waals surface area contributed by atoms with E-state index in [1.807, 2.05) is 0 Å². The number of aryl methyl sites for hydroxylation is 1. The summed E-state index contributed by atoms with van der Waals surface area (Å²) in [5.74, 6) is 1.25. The minimum absolute atomic E-state index is 0.993. The molecule has 0 saturated carbocycles. The zero-order valence-corrected chi connectivity index (χ0v) is 23.1. The second-order valence-corrected chi connectivity index (χ2v) is 10.3. The molecule has 34 heavy (non-hydrogen) atoms. The first-order valence-corrected chi connectivity index (χ1v) is 15.2. The lowest BCUT2D eigenvalue weighted by Crippen LogP contribution is -2.17. The van der Waals surface area contributed by atoms with Crippen LogP contribution in [0.25, 0.3) is 0 Å². The summed E-state index contributed by atoms with van der Waals surface area (Å²) >= 11 is 0. The normalized spacial score (nSPS) is 12.7. The van der Waals surface area contributed by atoms with Crippen molar-refractivity contribution in [3.63, 3.8) is 0 Å². The number of benzene rings is 1. The molecule has 2 nitrogen and oxygen atoms in total. The fraction of sp³-hybridized carbons (Fsp3) is 0.781. The number of rotatable bonds is 21. The van der Waals surface area contributed by atoms with Crippen molar-refractivity contribution in [2.45, 2.75) is 149 Å². The van der Waals surface area contributed by atoms with E-state index < -0.39 is 0 Å². The topological polar surface area (TPSA) is 24.4 Å². The van der Waals surface area contributed by atoms with E-state index in [1.54, 1.807) is 0 Å². The highest BCUT2D eigenvalue weighted by Gasteiger charge is 2.03. The van der Waals surface area contributed by atoms with Gasteiger partial charge in [-0.15, -0.1) is 0 Å². The van der Waals surface area contributed by atoms with Gasteiger partial charge in [0.05, 0.1) is 12.4 Å². The van der Waals surface area contributed by atoms with E-state index in [2.05, 4.69) is 54.5 Å². The van der Waals surface area contributed by atoms with E-state index in [-0.39, 0.29) is 0 Å². The Morgan fingerprint density at radius 2 is 1.00 bits per heavy atom. The maximum Gasteiger partial charge on any atom is 0.0964 e. The largest absolute Gasteiger partial charge is 0.372 e. The van der Waals surface area contributed by atoms with E-state index in [1.165, 1.54) is 146 Å². The van der Waals surface area contributed by atoms with Crippen LogP contribution in [0.2, 0.25) is 0 Å². The summed E-state index contributed by atoms with van der Waals surface area (Å²) in [7, 11) is 0. The molecule has 2 rings (SSSR count). The average Bonchev–Trinajstić information content (AvgIpc) is 3.39. The van der Waals surface area contributed by atoms with Gasteiger partial charge >= 0.3 is 0 Å². The van der Waals surface area contributed by atoms with Crippen molar-refractivity contribution in [1.29, 1.82) is 0 Å². The maximum atomic E-state index is 4.41. The van der Waals surface area contributed by atoms with E-state index in [0.717, 1.165) is 13.1 Å². The van der Waals surface area contributed by atoms with Crippen LogP contribution in [0, 0.1) is 0 Å². The smallest absolute Gasteiger partial charge is 0.0964 e. The average molecular weight is 471 g/mol. The van der Waals surface area contributed by atoms with Gasteiger partial charge < -0.3 is 5.32 Å². The predicted octanol–water partition coefficient (Wildman–Crippen LogP) is 10.1. The summed E-state index contributed by atoms with van der Waals surface area (Å²) in [5.41, 5.74) is 1.50. The Kier molecular flexibility index (Phi) is 22.4. The van der Waals surface area contributed by atoms with Gasteiger partial charge in [0.1, 0.15) is 0 Å². The zero-order chi connectivity index (χ0) is 24.4. The van der Waals surface area contributed by atoms with Crippen molar-refractivity contribution in [2.75, 3.05) is 13.1 Å². The zero-order valence-electron chi connectivity index (χ0n) is 23.1. The minimum atomic E-state index is 0.993. The molecule has 0 spiro atoms. The molecular weight excluding hydrogens is 412 g/mol. The van der Waals surface area contributed by atoms with Gasteiger partial charge in [0.25, 0.3) is 0 Å². The molecule has 2 heteroatoms. The van der Waals surface area contributed by atoms with Crippen LogP contribution in [0.4, 0.5) is 0 Å². The third kappa shape index (κ3) is 20.1. The van der Waals surface area contributed by atoms with Crippen LogP contribution in [0.5, 0.6) is 0 Å². The lowest BCUT2D eigenvalue weighted by Gasteiger charge is -2.03. The molecule has 0 atom stereocenters. The Bertz CT molecular complexity index is 551.